The molecule has 0 aliphatic rings. The first kappa shape index (κ1) is 20.7. The van der Waals surface area contributed by atoms with Crippen molar-refractivity contribution >= 4 is 27.0 Å². The number of esters is 1. The maximum Gasteiger partial charge on any atom is 0.534 e. The van der Waals surface area contributed by atoms with Crippen molar-refractivity contribution in [2.24, 2.45) is 0 Å². The van der Waals surface area contributed by atoms with Gasteiger partial charge in [-0.3, -0.25) is 4.98 Å². The fourth-order valence-electron chi connectivity index (χ4n) is 2.03. The molecule has 2 rings (SSSR count). The number of hydrogen-bond acceptors (Lipinski definition) is 6. The Bertz CT molecular complexity index is 984. The van der Waals surface area contributed by atoms with Crippen LogP contribution in [0.3, 0.4) is 0 Å². The Kier molecular flexibility index (Phi) is 5.27. The van der Waals surface area contributed by atoms with E-state index >= 15 is 0 Å². The summed E-state index contributed by atoms with van der Waals surface area (Å²) < 4.78 is 108. The molecule has 0 amide bonds. The topological polar surface area (TPSA) is 82.6 Å². The van der Waals surface area contributed by atoms with Crippen LogP contribution in [0.25, 0.3) is 10.9 Å². The van der Waals surface area contributed by atoms with Crippen LogP contribution in [0.4, 0.5) is 26.3 Å². The highest BCUT2D eigenvalue weighted by Gasteiger charge is 2.49. The third kappa shape index (κ3) is 4.07. The molecule has 1 aromatic heterocycles. The van der Waals surface area contributed by atoms with Gasteiger partial charge in [-0.05, 0) is 19.1 Å². The number of halogens is 6. The van der Waals surface area contributed by atoms with E-state index in [-0.39, 0.29) is 6.61 Å². The molecular weight excluding hydrogens is 408 g/mol. The number of para-hydroxylation sites is 1. The predicted octanol–water partition coefficient (Wildman–Crippen LogP) is 3.66. The molecule has 2 aromatic rings. The molecule has 0 unspecified atom stereocenters. The first-order chi connectivity index (χ1) is 12.3. The smallest absolute Gasteiger partial charge is 0.462 e. The Morgan fingerprint density at radius 1 is 1.15 bits per heavy atom. The summed E-state index contributed by atoms with van der Waals surface area (Å²) in [6.07, 6.45) is -4.49. The number of fused-ring (bicyclic) bond motifs is 1. The molecule has 0 saturated carbocycles. The molecule has 1 heterocycles. The van der Waals surface area contributed by atoms with Gasteiger partial charge in [0.1, 0.15) is 5.56 Å². The van der Waals surface area contributed by atoms with E-state index in [4.69, 9.17) is 0 Å². The number of carbonyl (C=O) groups excluding carboxylic acids is 1. The van der Waals surface area contributed by atoms with E-state index < -0.39 is 55.6 Å². The van der Waals surface area contributed by atoms with Gasteiger partial charge >= 0.3 is 27.8 Å². The van der Waals surface area contributed by atoms with Gasteiger partial charge in [0.05, 0.1) is 17.7 Å². The number of benzene rings is 1. The van der Waals surface area contributed by atoms with Crippen molar-refractivity contribution in [2.75, 3.05) is 6.61 Å². The third-order valence-corrected chi connectivity index (χ3v) is 4.08. The molecule has 0 fully saturated rings. The number of nitrogens with zero attached hydrogens (tertiary/aromatic N) is 1. The van der Waals surface area contributed by atoms with E-state index in [9.17, 15) is 39.6 Å². The summed E-state index contributed by atoms with van der Waals surface area (Å²) in [6.45, 7) is 1.10. The van der Waals surface area contributed by atoms with Crippen LogP contribution in [0.2, 0.25) is 0 Å². The molecule has 148 valence electrons. The maximum absolute atomic E-state index is 13.1. The molecule has 0 saturated heterocycles. The zero-order chi connectivity index (χ0) is 20.6. The van der Waals surface area contributed by atoms with Crippen molar-refractivity contribution in [3.63, 3.8) is 0 Å². The number of alkyl halides is 6. The number of aromatic nitrogens is 1. The Morgan fingerprint density at radius 2 is 1.78 bits per heavy atom. The number of ether oxygens (including phenoxy) is 1. The summed E-state index contributed by atoms with van der Waals surface area (Å²) >= 11 is 0. The molecule has 0 radical (unpaired) electrons. The normalized spacial score (nSPS) is 12.9. The zero-order valence-corrected chi connectivity index (χ0v) is 14.0. The molecule has 6 nitrogen and oxygen atoms in total. The van der Waals surface area contributed by atoms with Gasteiger partial charge in [-0.15, -0.1) is 0 Å². The summed E-state index contributed by atoms with van der Waals surface area (Å²) in [5, 5.41) is -0.761. The van der Waals surface area contributed by atoms with Crippen LogP contribution in [0.1, 0.15) is 22.8 Å². The molecule has 1 aromatic carbocycles. The van der Waals surface area contributed by atoms with E-state index in [0.717, 1.165) is 12.1 Å². The number of pyridine rings is 1. The van der Waals surface area contributed by atoms with E-state index in [1.54, 1.807) is 0 Å². The molecular formula is C14H9F6NO5S. The first-order valence-electron chi connectivity index (χ1n) is 6.96. The molecule has 0 aliphatic carbocycles. The van der Waals surface area contributed by atoms with Crippen LogP contribution in [0.15, 0.2) is 24.4 Å². The summed E-state index contributed by atoms with van der Waals surface area (Å²) in [6, 6.07) is 2.22. The second-order valence-electron chi connectivity index (χ2n) is 4.90. The van der Waals surface area contributed by atoms with Gasteiger partial charge in [0, 0.05) is 11.6 Å². The van der Waals surface area contributed by atoms with Crippen molar-refractivity contribution in [2.45, 2.75) is 18.6 Å². The molecule has 0 spiro atoms. The number of hydrogen-bond donors (Lipinski definition) is 0. The van der Waals surface area contributed by atoms with Crippen LogP contribution >= 0.6 is 0 Å². The van der Waals surface area contributed by atoms with Crippen LogP contribution in [0, 0.1) is 0 Å². The Hall–Kier alpha value is -2.57. The number of rotatable bonds is 4. The van der Waals surface area contributed by atoms with E-state index in [2.05, 4.69) is 13.9 Å². The second-order valence-corrected chi connectivity index (χ2v) is 6.44. The van der Waals surface area contributed by atoms with Crippen molar-refractivity contribution < 1.29 is 48.5 Å². The monoisotopic (exact) mass is 417 g/mol. The summed E-state index contributed by atoms with van der Waals surface area (Å²) in [5.74, 6) is -2.58. The molecule has 0 bridgehead atoms. The Labute approximate surface area is 147 Å². The van der Waals surface area contributed by atoms with Gasteiger partial charge in [-0.1, -0.05) is 6.07 Å². The highest BCUT2D eigenvalue weighted by Crippen LogP contribution is 2.39. The van der Waals surface area contributed by atoms with E-state index in [0.29, 0.717) is 12.3 Å². The largest absolute Gasteiger partial charge is 0.534 e. The zero-order valence-electron chi connectivity index (χ0n) is 13.2. The quantitative estimate of drug-likeness (QED) is 0.327. The SMILES string of the molecule is CCOC(=O)c1cnc2c(C(F)(F)F)cccc2c1OS(=O)(=O)C(F)(F)F. The lowest BCUT2D eigenvalue weighted by Gasteiger charge is -2.16. The summed E-state index contributed by atoms with van der Waals surface area (Å²) in [5.41, 5.74) is -9.01. The molecule has 0 N–H and O–H groups in total. The summed E-state index contributed by atoms with van der Waals surface area (Å²) in [4.78, 5) is 15.3. The molecule has 13 heteroatoms. The summed E-state index contributed by atoms with van der Waals surface area (Å²) in [7, 11) is -6.28. The van der Waals surface area contributed by atoms with Gasteiger partial charge < -0.3 is 8.92 Å². The van der Waals surface area contributed by atoms with Crippen molar-refractivity contribution in [3.05, 3.63) is 35.5 Å². The van der Waals surface area contributed by atoms with Gasteiger partial charge in [0.25, 0.3) is 0 Å². The van der Waals surface area contributed by atoms with Crippen molar-refractivity contribution in [1.29, 1.82) is 0 Å². The van der Waals surface area contributed by atoms with Crippen LogP contribution in [-0.4, -0.2) is 31.5 Å². The molecule has 0 aliphatic heterocycles. The average molecular weight is 417 g/mol. The minimum atomic E-state index is -6.28. The fourth-order valence-corrected chi connectivity index (χ4v) is 2.52. The van der Waals surface area contributed by atoms with Crippen molar-refractivity contribution in [1.82, 2.24) is 4.98 Å². The van der Waals surface area contributed by atoms with E-state index in [1.807, 2.05) is 0 Å². The third-order valence-electron chi connectivity index (χ3n) is 3.13. The maximum atomic E-state index is 13.1. The van der Waals surface area contributed by atoms with E-state index in [1.165, 1.54) is 6.92 Å². The lowest BCUT2D eigenvalue weighted by Crippen LogP contribution is -2.29. The number of carbonyl (C=O) groups is 1. The average Bonchev–Trinajstić information content (AvgIpc) is 2.52. The second kappa shape index (κ2) is 6.87. The van der Waals surface area contributed by atoms with Gasteiger partial charge in [0.15, 0.2) is 5.75 Å². The van der Waals surface area contributed by atoms with Crippen LogP contribution in [-0.2, 0) is 21.0 Å². The molecule has 0 atom stereocenters. The van der Waals surface area contributed by atoms with Crippen molar-refractivity contribution in [3.8, 4) is 5.75 Å². The lowest BCUT2D eigenvalue weighted by molar-refractivity contribution is -0.136. The fraction of sp³-hybridized carbons (Fsp3) is 0.286. The minimum Gasteiger partial charge on any atom is -0.462 e. The van der Waals surface area contributed by atoms with Gasteiger partial charge in [-0.25, -0.2) is 4.79 Å². The Balaban J connectivity index is 2.83. The molecule has 27 heavy (non-hydrogen) atoms. The minimum absolute atomic E-state index is 0.245. The van der Waals surface area contributed by atoms with Gasteiger partial charge in [0.2, 0.25) is 0 Å². The van der Waals surface area contributed by atoms with Gasteiger partial charge in [-0.2, -0.15) is 34.8 Å². The Morgan fingerprint density at radius 3 is 2.30 bits per heavy atom. The first-order valence-corrected chi connectivity index (χ1v) is 8.37. The lowest BCUT2D eigenvalue weighted by atomic mass is 10.1. The standard InChI is InChI=1S/C14H9F6NO5S/c1-2-25-12(22)8-6-21-10-7(4-3-5-9(10)13(15,16)17)11(8)26-27(23,24)14(18,19)20/h3-6H,2H2,1H3. The highest BCUT2D eigenvalue weighted by molar-refractivity contribution is 7.88. The van der Waals surface area contributed by atoms with Crippen LogP contribution in [0.5, 0.6) is 5.75 Å². The highest BCUT2D eigenvalue weighted by atomic mass is 32.2. The van der Waals surface area contributed by atoms with Crippen LogP contribution < -0.4 is 4.18 Å². The predicted molar refractivity (Wildman–Crippen MR) is 78.3 cm³/mol.